The van der Waals surface area contributed by atoms with E-state index in [1.165, 1.54) is 26.0 Å². The Morgan fingerprint density at radius 1 is 1.27 bits per heavy atom. The minimum atomic E-state index is -4.61. The molecule has 1 N–H and O–H groups in total. The van der Waals surface area contributed by atoms with Gasteiger partial charge < -0.3 is 5.32 Å². The molecule has 2 aromatic rings. The number of nitrogens with one attached hydrogen (secondary N) is 1. The highest BCUT2D eigenvalue weighted by molar-refractivity contribution is 9.10. The van der Waals surface area contributed by atoms with Crippen LogP contribution in [0.5, 0.6) is 0 Å². The van der Waals surface area contributed by atoms with Crippen molar-refractivity contribution in [3.8, 4) is 0 Å². The molecule has 0 aliphatic heterocycles. The zero-order chi connectivity index (χ0) is 19.6. The topological polar surface area (TPSA) is 46.9 Å². The van der Waals surface area contributed by atoms with E-state index in [1.54, 1.807) is 12.1 Å². The molecule has 0 aliphatic carbocycles. The lowest BCUT2D eigenvalue weighted by Gasteiger charge is -2.17. The number of carbonyl (C=O) groups is 1. The van der Waals surface area contributed by atoms with Gasteiger partial charge in [0.15, 0.2) is 5.69 Å². The van der Waals surface area contributed by atoms with E-state index in [9.17, 15) is 22.4 Å². The van der Waals surface area contributed by atoms with Crippen molar-refractivity contribution in [2.75, 3.05) is 6.54 Å². The van der Waals surface area contributed by atoms with E-state index in [4.69, 9.17) is 0 Å². The second kappa shape index (κ2) is 7.77. The molecule has 2 unspecified atom stereocenters. The summed E-state index contributed by atoms with van der Waals surface area (Å²) >= 11 is 2.89. The first-order valence-corrected chi connectivity index (χ1v) is 8.66. The fourth-order valence-electron chi connectivity index (χ4n) is 2.48. The predicted octanol–water partition coefficient (Wildman–Crippen LogP) is 4.59. The Kier molecular flexibility index (Phi) is 6.10. The Morgan fingerprint density at radius 3 is 2.35 bits per heavy atom. The van der Waals surface area contributed by atoms with Crippen molar-refractivity contribution in [1.29, 1.82) is 0 Å². The summed E-state index contributed by atoms with van der Waals surface area (Å²) in [4.78, 5) is 12.3. The highest BCUT2D eigenvalue weighted by Crippen LogP contribution is 2.36. The maximum atomic E-state index is 13.0. The van der Waals surface area contributed by atoms with E-state index in [-0.39, 0.29) is 28.4 Å². The van der Waals surface area contributed by atoms with Crippen LogP contribution in [0.4, 0.5) is 17.6 Å². The number of carbonyl (C=O) groups excluding carboxylic acids is 1. The summed E-state index contributed by atoms with van der Waals surface area (Å²) in [5, 5.41) is 6.24. The fourth-order valence-corrected chi connectivity index (χ4v) is 2.96. The molecular weight excluding hydrogens is 418 g/mol. The van der Waals surface area contributed by atoms with Crippen LogP contribution in [0.15, 0.2) is 28.7 Å². The van der Waals surface area contributed by atoms with Gasteiger partial charge in [0, 0.05) is 6.54 Å². The third-order valence-corrected chi connectivity index (χ3v) is 5.06. The minimum absolute atomic E-state index is 0.0806. The summed E-state index contributed by atoms with van der Waals surface area (Å²) in [6.07, 6.45) is -4.61. The van der Waals surface area contributed by atoms with E-state index in [1.807, 2.05) is 6.92 Å². The van der Waals surface area contributed by atoms with Gasteiger partial charge in [0.05, 0.1) is 10.2 Å². The molecule has 1 aromatic heterocycles. The monoisotopic (exact) mass is 435 g/mol. The largest absolute Gasteiger partial charge is 0.436 e. The highest BCUT2D eigenvalue weighted by Gasteiger charge is 2.38. The summed E-state index contributed by atoms with van der Waals surface area (Å²) < 4.78 is 52.7. The zero-order valence-electron chi connectivity index (χ0n) is 14.4. The maximum absolute atomic E-state index is 13.0. The molecule has 1 heterocycles. The normalized spacial score (nSPS) is 14.2. The minimum Gasteiger partial charge on any atom is -0.354 e. The summed E-state index contributed by atoms with van der Waals surface area (Å²) in [6, 6.07) is 5.00. The fraction of sp³-hybridized carbons (Fsp3) is 0.412. The van der Waals surface area contributed by atoms with Crippen LogP contribution in [-0.4, -0.2) is 22.2 Å². The number of nitrogens with zero attached hydrogens (tertiary/aromatic N) is 2. The van der Waals surface area contributed by atoms with E-state index in [2.05, 4.69) is 26.3 Å². The van der Waals surface area contributed by atoms with Crippen molar-refractivity contribution in [1.82, 2.24) is 15.1 Å². The number of hydrogen-bond donors (Lipinski definition) is 1. The molecule has 26 heavy (non-hydrogen) atoms. The van der Waals surface area contributed by atoms with Gasteiger partial charge in [-0.15, -0.1) is 0 Å². The van der Waals surface area contributed by atoms with E-state index in [0.717, 1.165) is 10.2 Å². The maximum Gasteiger partial charge on any atom is 0.436 e. The molecule has 1 aromatic carbocycles. The van der Waals surface area contributed by atoms with Gasteiger partial charge in [-0.1, -0.05) is 19.1 Å². The number of aromatic nitrogens is 2. The van der Waals surface area contributed by atoms with Gasteiger partial charge in [-0.05, 0) is 53.4 Å². The second-order valence-corrected chi connectivity index (χ2v) is 6.86. The Balaban J connectivity index is 2.07. The summed E-state index contributed by atoms with van der Waals surface area (Å²) in [7, 11) is 0. The number of amides is 1. The van der Waals surface area contributed by atoms with Gasteiger partial charge in [-0.25, -0.2) is 4.39 Å². The van der Waals surface area contributed by atoms with Gasteiger partial charge >= 0.3 is 6.18 Å². The molecule has 1 amide bonds. The van der Waals surface area contributed by atoms with Crippen molar-refractivity contribution in [3.05, 3.63) is 51.5 Å². The highest BCUT2D eigenvalue weighted by atomic mass is 79.9. The van der Waals surface area contributed by atoms with Gasteiger partial charge in [0.1, 0.15) is 11.9 Å². The number of rotatable bonds is 5. The first-order valence-electron chi connectivity index (χ1n) is 7.87. The van der Waals surface area contributed by atoms with E-state index >= 15 is 0 Å². The Hall–Kier alpha value is -1.90. The summed E-state index contributed by atoms with van der Waals surface area (Å²) in [5.41, 5.74) is -0.00221. The van der Waals surface area contributed by atoms with Crippen LogP contribution in [-0.2, 0) is 11.0 Å². The van der Waals surface area contributed by atoms with E-state index < -0.39 is 23.8 Å². The Bertz CT molecular complexity index is 787. The number of benzene rings is 1. The number of alkyl halides is 3. The summed E-state index contributed by atoms with van der Waals surface area (Å²) in [5.74, 6) is -0.882. The SMILES string of the molecule is Cc1c(Br)c(C(F)(F)F)nn1C(C)C(=O)NCC(C)c1ccc(F)cc1. The first kappa shape index (κ1) is 20.4. The smallest absolute Gasteiger partial charge is 0.354 e. The van der Waals surface area contributed by atoms with Crippen molar-refractivity contribution >= 4 is 21.8 Å². The van der Waals surface area contributed by atoms with Crippen molar-refractivity contribution in [2.45, 2.75) is 38.9 Å². The lowest BCUT2D eigenvalue weighted by molar-refractivity contribution is -0.142. The lowest BCUT2D eigenvalue weighted by Crippen LogP contribution is -2.34. The number of halogens is 5. The third kappa shape index (κ3) is 4.44. The molecule has 4 nitrogen and oxygen atoms in total. The molecule has 0 bridgehead atoms. The van der Waals surface area contributed by atoms with Crippen LogP contribution >= 0.6 is 15.9 Å². The molecule has 2 rings (SSSR count). The van der Waals surface area contributed by atoms with Crippen molar-refractivity contribution < 1.29 is 22.4 Å². The molecule has 0 aliphatic rings. The average molecular weight is 436 g/mol. The predicted molar refractivity (Wildman–Crippen MR) is 92.2 cm³/mol. The van der Waals surface area contributed by atoms with Crippen LogP contribution in [0, 0.1) is 12.7 Å². The molecule has 2 atom stereocenters. The molecule has 0 spiro atoms. The van der Waals surface area contributed by atoms with Crippen molar-refractivity contribution in [2.24, 2.45) is 0 Å². The van der Waals surface area contributed by atoms with Gasteiger partial charge in [0.25, 0.3) is 0 Å². The molecule has 0 saturated heterocycles. The third-order valence-electron chi connectivity index (χ3n) is 4.11. The van der Waals surface area contributed by atoms with Crippen molar-refractivity contribution in [3.63, 3.8) is 0 Å². The van der Waals surface area contributed by atoms with Crippen LogP contribution in [0.25, 0.3) is 0 Å². The molecular formula is C17H18BrF4N3O. The van der Waals surface area contributed by atoms with Crippen LogP contribution in [0.3, 0.4) is 0 Å². The quantitative estimate of drug-likeness (QED) is 0.697. The van der Waals surface area contributed by atoms with Gasteiger partial charge in [-0.3, -0.25) is 9.48 Å². The van der Waals surface area contributed by atoms with Crippen LogP contribution < -0.4 is 5.32 Å². The molecule has 9 heteroatoms. The Labute approximate surface area is 156 Å². The van der Waals surface area contributed by atoms with Gasteiger partial charge in [0.2, 0.25) is 5.91 Å². The molecule has 0 saturated carbocycles. The van der Waals surface area contributed by atoms with Gasteiger partial charge in [-0.2, -0.15) is 18.3 Å². The van der Waals surface area contributed by atoms with Crippen LogP contribution in [0.2, 0.25) is 0 Å². The standard InChI is InChI=1S/C17H18BrF4N3O/c1-9(12-4-6-13(19)7-5-12)8-23-16(26)11(3)25-10(2)14(18)15(24-25)17(20,21)22/h4-7,9,11H,8H2,1-3H3,(H,23,26). The lowest BCUT2D eigenvalue weighted by atomic mass is 10.0. The first-order chi connectivity index (χ1) is 12.0. The number of hydrogen-bond acceptors (Lipinski definition) is 2. The Morgan fingerprint density at radius 2 is 1.85 bits per heavy atom. The molecule has 0 fully saturated rings. The average Bonchev–Trinajstić information content (AvgIpc) is 2.88. The van der Waals surface area contributed by atoms with E-state index in [0.29, 0.717) is 0 Å². The molecule has 0 radical (unpaired) electrons. The second-order valence-electron chi connectivity index (χ2n) is 6.06. The summed E-state index contributed by atoms with van der Waals surface area (Å²) in [6.45, 7) is 5.06. The molecule has 142 valence electrons. The van der Waals surface area contributed by atoms with Crippen LogP contribution in [0.1, 0.15) is 42.8 Å². The zero-order valence-corrected chi connectivity index (χ0v) is 15.9.